The van der Waals surface area contributed by atoms with Crippen molar-refractivity contribution in [1.29, 1.82) is 0 Å². The monoisotopic (exact) mass is 318 g/mol. The molecule has 1 aromatic heterocycles. The van der Waals surface area contributed by atoms with E-state index in [-0.39, 0.29) is 18.5 Å². The normalized spacial score (nSPS) is 20.2. The highest BCUT2D eigenvalue weighted by atomic mass is 16.5. The Morgan fingerprint density at radius 1 is 1.39 bits per heavy atom. The van der Waals surface area contributed by atoms with Crippen LogP contribution < -0.4 is 5.32 Å². The van der Waals surface area contributed by atoms with Crippen LogP contribution in [0.25, 0.3) is 0 Å². The van der Waals surface area contributed by atoms with E-state index >= 15 is 0 Å². The zero-order chi connectivity index (χ0) is 16.4. The Labute approximate surface area is 135 Å². The highest BCUT2D eigenvalue weighted by molar-refractivity contribution is 5.80. The first-order valence-electron chi connectivity index (χ1n) is 7.86. The Morgan fingerprint density at radius 2 is 2.13 bits per heavy atom. The first-order valence-corrected chi connectivity index (χ1v) is 7.86. The number of hydrogen-bond acceptors (Lipinski definition) is 4. The number of piperidine rings is 1. The number of aromatic nitrogens is 1. The summed E-state index contributed by atoms with van der Waals surface area (Å²) in [6.45, 7) is 3.63. The summed E-state index contributed by atoms with van der Waals surface area (Å²) >= 11 is 0. The highest BCUT2D eigenvalue weighted by Gasteiger charge is 2.46. The summed E-state index contributed by atoms with van der Waals surface area (Å²) in [7, 11) is 1.77. The van der Waals surface area contributed by atoms with E-state index in [1.165, 1.54) is 0 Å². The number of hydrogen-bond donors (Lipinski definition) is 1. The Bertz CT molecular complexity index is 611. The lowest BCUT2D eigenvalue weighted by Crippen LogP contribution is -2.55. The molecule has 3 heterocycles. The zero-order valence-electron chi connectivity index (χ0n) is 13.5. The molecular formula is C16H22N4O3. The molecule has 2 aliphatic rings. The largest absolute Gasteiger partial charge is 0.346 e. The predicted molar refractivity (Wildman–Crippen MR) is 83.5 cm³/mol. The number of rotatable bonds is 2. The van der Waals surface area contributed by atoms with E-state index in [1.54, 1.807) is 16.8 Å². The Kier molecular flexibility index (Phi) is 4.21. The van der Waals surface area contributed by atoms with Crippen LogP contribution in [0.5, 0.6) is 0 Å². The van der Waals surface area contributed by atoms with Crippen molar-refractivity contribution < 1.29 is 14.3 Å². The fourth-order valence-corrected chi connectivity index (χ4v) is 3.13. The standard InChI is InChI=1S/C16H22N4O3/c1-12-4-3-5-13(18-12)10-17-15(22)20-8-6-16(7-9-20)19(2)14(21)11-23-16/h3-5H,6-11H2,1-2H3,(H,17,22). The third-order valence-electron chi connectivity index (χ3n) is 4.65. The first-order chi connectivity index (χ1) is 11.0. The molecule has 0 aliphatic carbocycles. The van der Waals surface area contributed by atoms with Crippen LogP contribution in [0.4, 0.5) is 4.79 Å². The maximum Gasteiger partial charge on any atom is 0.317 e. The lowest BCUT2D eigenvalue weighted by molar-refractivity contribution is -0.135. The molecule has 124 valence electrons. The van der Waals surface area contributed by atoms with Crippen molar-refractivity contribution >= 4 is 11.9 Å². The Morgan fingerprint density at radius 3 is 2.74 bits per heavy atom. The minimum absolute atomic E-state index is 0.00780. The lowest BCUT2D eigenvalue weighted by atomic mass is 9.99. The molecule has 3 rings (SSSR count). The molecule has 1 spiro atoms. The Hall–Kier alpha value is -2.15. The number of ether oxygens (including phenoxy) is 1. The third kappa shape index (κ3) is 3.14. The second-order valence-electron chi connectivity index (χ2n) is 6.10. The number of carbonyl (C=O) groups excluding carboxylic acids is 2. The van der Waals surface area contributed by atoms with Gasteiger partial charge in [0.1, 0.15) is 12.3 Å². The van der Waals surface area contributed by atoms with Gasteiger partial charge in [0.2, 0.25) is 0 Å². The van der Waals surface area contributed by atoms with Gasteiger partial charge in [0.25, 0.3) is 5.91 Å². The summed E-state index contributed by atoms with van der Waals surface area (Å²) in [5.74, 6) is 0.00780. The number of aryl methyl sites for hydroxylation is 1. The summed E-state index contributed by atoms with van der Waals surface area (Å²) in [5, 5.41) is 2.90. The summed E-state index contributed by atoms with van der Waals surface area (Å²) in [6.07, 6.45) is 1.29. The fourth-order valence-electron chi connectivity index (χ4n) is 3.13. The topological polar surface area (TPSA) is 74.8 Å². The molecule has 0 atom stereocenters. The lowest BCUT2D eigenvalue weighted by Gasteiger charge is -2.41. The molecule has 0 bridgehead atoms. The SMILES string of the molecule is Cc1cccc(CNC(=O)N2CCC3(CC2)OCC(=O)N3C)n1. The van der Waals surface area contributed by atoms with E-state index in [0.717, 1.165) is 11.4 Å². The van der Waals surface area contributed by atoms with Gasteiger partial charge in [-0.15, -0.1) is 0 Å². The van der Waals surface area contributed by atoms with Crippen LogP contribution in [0.2, 0.25) is 0 Å². The van der Waals surface area contributed by atoms with Crippen molar-refractivity contribution in [3.8, 4) is 0 Å². The van der Waals surface area contributed by atoms with E-state index in [1.807, 2.05) is 25.1 Å². The van der Waals surface area contributed by atoms with Crippen LogP contribution in [0, 0.1) is 6.92 Å². The fraction of sp³-hybridized carbons (Fsp3) is 0.562. The van der Waals surface area contributed by atoms with Crippen LogP contribution >= 0.6 is 0 Å². The second-order valence-corrected chi connectivity index (χ2v) is 6.10. The van der Waals surface area contributed by atoms with Gasteiger partial charge in [0, 0.05) is 38.7 Å². The number of nitrogens with zero attached hydrogens (tertiary/aromatic N) is 3. The third-order valence-corrected chi connectivity index (χ3v) is 4.65. The maximum atomic E-state index is 12.3. The molecule has 0 radical (unpaired) electrons. The van der Waals surface area contributed by atoms with Gasteiger partial charge in [0.05, 0.1) is 12.2 Å². The molecule has 7 nitrogen and oxygen atoms in total. The molecule has 0 saturated carbocycles. The number of likely N-dealkylation sites (N-methyl/N-ethyl adjacent to an activating group) is 1. The van der Waals surface area contributed by atoms with Crippen molar-refractivity contribution in [3.63, 3.8) is 0 Å². The molecule has 1 aromatic rings. The number of urea groups is 1. The molecule has 3 amide bonds. The number of amides is 3. The van der Waals surface area contributed by atoms with Crippen molar-refractivity contribution in [2.75, 3.05) is 26.7 Å². The van der Waals surface area contributed by atoms with Crippen molar-refractivity contribution in [1.82, 2.24) is 20.1 Å². The van der Waals surface area contributed by atoms with Gasteiger partial charge in [-0.3, -0.25) is 9.78 Å². The minimum atomic E-state index is -0.522. The average molecular weight is 318 g/mol. The predicted octanol–water partition coefficient (Wildman–Crippen LogP) is 0.880. The number of likely N-dealkylation sites (tertiary alicyclic amines) is 1. The van der Waals surface area contributed by atoms with Gasteiger partial charge in [-0.2, -0.15) is 0 Å². The molecule has 2 fully saturated rings. The van der Waals surface area contributed by atoms with Gasteiger partial charge < -0.3 is 19.9 Å². The first kappa shape index (κ1) is 15.7. The van der Waals surface area contributed by atoms with Crippen LogP contribution in [-0.4, -0.2) is 59.2 Å². The average Bonchev–Trinajstić information content (AvgIpc) is 2.82. The number of carbonyl (C=O) groups is 2. The molecule has 1 N–H and O–H groups in total. The molecule has 2 saturated heterocycles. The van der Waals surface area contributed by atoms with E-state index in [0.29, 0.717) is 32.5 Å². The van der Waals surface area contributed by atoms with E-state index in [2.05, 4.69) is 10.3 Å². The maximum absolute atomic E-state index is 12.3. The van der Waals surface area contributed by atoms with Gasteiger partial charge >= 0.3 is 6.03 Å². The molecule has 23 heavy (non-hydrogen) atoms. The van der Waals surface area contributed by atoms with Gasteiger partial charge in [-0.1, -0.05) is 6.07 Å². The minimum Gasteiger partial charge on any atom is -0.346 e. The van der Waals surface area contributed by atoms with Crippen molar-refractivity contribution in [2.24, 2.45) is 0 Å². The summed E-state index contributed by atoms with van der Waals surface area (Å²) < 4.78 is 5.68. The van der Waals surface area contributed by atoms with Crippen molar-refractivity contribution in [2.45, 2.75) is 32.0 Å². The van der Waals surface area contributed by atoms with Crippen LogP contribution in [-0.2, 0) is 16.1 Å². The van der Waals surface area contributed by atoms with Gasteiger partial charge in [-0.25, -0.2) is 4.79 Å². The number of nitrogens with one attached hydrogen (secondary N) is 1. The van der Waals surface area contributed by atoms with Gasteiger partial charge in [-0.05, 0) is 19.1 Å². The van der Waals surface area contributed by atoms with Crippen LogP contribution in [0.1, 0.15) is 24.2 Å². The number of pyridine rings is 1. The Balaban J connectivity index is 1.51. The molecule has 0 aromatic carbocycles. The van der Waals surface area contributed by atoms with E-state index in [4.69, 9.17) is 4.74 Å². The molecule has 0 unspecified atom stereocenters. The quantitative estimate of drug-likeness (QED) is 0.878. The molecule has 2 aliphatic heterocycles. The zero-order valence-corrected chi connectivity index (χ0v) is 13.5. The van der Waals surface area contributed by atoms with Gasteiger partial charge in [0.15, 0.2) is 0 Å². The molecular weight excluding hydrogens is 296 g/mol. The smallest absolute Gasteiger partial charge is 0.317 e. The van der Waals surface area contributed by atoms with E-state index in [9.17, 15) is 9.59 Å². The second kappa shape index (κ2) is 6.16. The van der Waals surface area contributed by atoms with Crippen LogP contribution in [0.3, 0.4) is 0 Å². The van der Waals surface area contributed by atoms with E-state index < -0.39 is 5.72 Å². The highest BCUT2D eigenvalue weighted by Crippen LogP contribution is 2.33. The van der Waals surface area contributed by atoms with Crippen LogP contribution in [0.15, 0.2) is 18.2 Å². The summed E-state index contributed by atoms with van der Waals surface area (Å²) in [5.41, 5.74) is 1.26. The molecule has 7 heteroatoms. The van der Waals surface area contributed by atoms with Crippen molar-refractivity contribution in [3.05, 3.63) is 29.6 Å². The summed E-state index contributed by atoms with van der Waals surface area (Å²) in [4.78, 5) is 31.7. The summed E-state index contributed by atoms with van der Waals surface area (Å²) in [6, 6.07) is 5.65.